The predicted octanol–water partition coefficient (Wildman–Crippen LogP) is 3.14. The third-order valence-corrected chi connectivity index (χ3v) is 5.31. The molecule has 0 aliphatic rings. The average molecular weight is 474 g/mol. The molecular formula is C23H21F3N4O4. The van der Waals surface area contributed by atoms with Gasteiger partial charge >= 0.3 is 17.9 Å². The van der Waals surface area contributed by atoms with Crippen LogP contribution in [0.15, 0.2) is 64.2 Å². The summed E-state index contributed by atoms with van der Waals surface area (Å²) in [5, 5.41) is 9.15. The van der Waals surface area contributed by atoms with Gasteiger partial charge in [-0.05, 0) is 24.1 Å². The summed E-state index contributed by atoms with van der Waals surface area (Å²) in [6, 6.07) is 13.4. The van der Waals surface area contributed by atoms with E-state index in [-0.39, 0.29) is 43.3 Å². The highest BCUT2D eigenvalue weighted by atomic mass is 19.4. The molecule has 0 aliphatic carbocycles. The van der Waals surface area contributed by atoms with Crippen LogP contribution in [-0.2, 0) is 26.3 Å². The van der Waals surface area contributed by atoms with Gasteiger partial charge in [-0.25, -0.2) is 4.79 Å². The lowest BCUT2D eigenvalue weighted by molar-refractivity contribution is -0.138. The van der Waals surface area contributed by atoms with Crippen molar-refractivity contribution in [1.82, 2.24) is 18.7 Å². The summed E-state index contributed by atoms with van der Waals surface area (Å²) >= 11 is 0. The molecule has 4 rings (SSSR count). The van der Waals surface area contributed by atoms with E-state index in [0.717, 1.165) is 26.8 Å². The fraction of sp³-hybridized carbons (Fsp3) is 0.261. The smallest absolute Gasteiger partial charge is 0.419 e. The van der Waals surface area contributed by atoms with Crippen LogP contribution in [0, 0.1) is 0 Å². The van der Waals surface area contributed by atoms with Crippen LogP contribution >= 0.6 is 0 Å². The Labute approximate surface area is 191 Å². The Hall–Kier alpha value is -3.86. The molecule has 1 N–H and O–H groups in total. The molecular weight excluding hydrogens is 453 g/mol. The number of nitrogens with zero attached hydrogens (tertiary/aromatic N) is 4. The maximum absolute atomic E-state index is 13.5. The molecule has 0 bridgehead atoms. The van der Waals surface area contributed by atoms with E-state index in [1.807, 2.05) is 0 Å². The molecule has 178 valence electrons. The van der Waals surface area contributed by atoms with Gasteiger partial charge in [0.1, 0.15) is 5.75 Å². The molecule has 0 spiro atoms. The number of halogens is 3. The number of hydrogen-bond acceptors (Lipinski definition) is 5. The number of aliphatic hydroxyl groups is 1. The Bertz CT molecular complexity index is 1440. The molecule has 2 aromatic heterocycles. The second-order valence-electron chi connectivity index (χ2n) is 7.61. The monoisotopic (exact) mass is 474 g/mol. The predicted molar refractivity (Wildman–Crippen MR) is 118 cm³/mol. The average Bonchev–Trinajstić information content (AvgIpc) is 3.16. The highest BCUT2D eigenvalue weighted by Gasteiger charge is 2.35. The van der Waals surface area contributed by atoms with Gasteiger partial charge in [0, 0.05) is 20.2 Å². The highest BCUT2D eigenvalue weighted by molar-refractivity contribution is 5.72. The lowest BCUT2D eigenvalue weighted by Gasteiger charge is -2.14. The summed E-state index contributed by atoms with van der Waals surface area (Å²) in [5.74, 6) is -0.481. The number of rotatable bonds is 7. The number of alkyl halides is 3. The Morgan fingerprint density at radius 1 is 1.00 bits per heavy atom. The van der Waals surface area contributed by atoms with Crippen LogP contribution in [-0.4, -0.2) is 30.4 Å². The SMILES string of the molecule is Cn1c(=O)n(CCCO)c(=O)c2c1nc(Oc1ccccc1C(F)(F)F)n2Cc1ccccc1. The molecule has 0 radical (unpaired) electrons. The van der Waals surface area contributed by atoms with E-state index in [9.17, 15) is 22.8 Å². The van der Waals surface area contributed by atoms with Crippen LogP contribution in [0.25, 0.3) is 11.2 Å². The zero-order chi connectivity index (χ0) is 24.5. The van der Waals surface area contributed by atoms with E-state index in [0.29, 0.717) is 0 Å². The quantitative estimate of drug-likeness (QED) is 0.445. The number of aromatic nitrogens is 4. The second kappa shape index (κ2) is 9.18. The molecule has 0 amide bonds. The molecule has 0 aliphatic heterocycles. The van der Waals surface area contributed by atoms with Crippen molar-refractivity contribution in [2.75, 3.05) is 6.61 Å². The second-order valence-corrected chi connectivity index (χ2v) is 7.61. The van der Waals surface area contributed by atoms with Crippen LogP contribution in [0.5, 0.6) is 11.8 Å². The standard InChI is InChI=1S/C23H21F3N4O4/c1-28-19-18(20(32)29(22(28)33)12-7-13-31)30(14-15-8-3-2-4-9-15)21(27-19)34-17-11-6-5-10-16(17)23(24,25)26/h2-6,8-11,31H,7,12-14H2,1H3. The maximum atomic E-state index is 13.5. The Morgan fingerprint density at radius 2 is 1.68 bits per heavy atom. The van der Waals surface area contributed by atoms with Gasteiger partial charge in [-0.1, -0.05) is 42.5 Å². The van der Waals surface area contributed by atoms with Crippen LogP contribution in [0.4, 0.5) is 13.2 Å². The fourth-order valence-electron chi connectivity index (χ4n) is 3.66. The number of para-hydroxylation sites is 1. The Morgan fingerprint density at radius 3 is 2.35 bits per heavy atom. The molecule has 0 fully saturated rings. The van der Waals surface area contributed by atoms with Crippen molar-refractivity contribution in [1.29, 1.82) is 0 Å². The van der Waals surface area contributed by atoms with Crippen molar-refractivity contribution < 1.29 is 23.0 Å². The van der Waals surface area contributed by atoms with Crippen molar-refractivity contribution in [3.05, 3.63) is 86.6 Å². The van der Waals surface area contributed by atoms with Gasteiger partial charge in [0.2, 0.25) is 0 Å². The first kappa shape index (κ1) is 23.3. The minimum Gasteiger partial charge on any atom is -0.425 e. The summed E-state index contributed by atoms with van der Waals surface area (Å²) < 4.78 is 49.7. The number of imidazole rings is 1. The molecule has 4 aromatic rings. The summed E-state index contributed by atoms with van der Waals surface area (Å²) in [7, 11) is 1.41. The molecule has 34 heavy (non-hydrogen) atoms. The van der Waals surface area contributed by atoms with Crippen LogP contribution < -0.4 is 16.0 Å². The van der Waals surface area contributed by atoms with Crippen LogP contribution in [0.2, 0.25) is 0 Å². The summed E-state index contributed by atoms with van der Waals surface area (Å²) in [6.07, 6.45) is -4.49. The first-order chi connectivity index (χ1) is 16.2. The lowest BCUT2D eigenvalue weighted by Crippen LogP contribution is -2.39. The van der Waals surface area contributed by atoms with Crippen LogP contribution in [0.1, 0.15) is 17.5 Å². The molecule has 2 heterocycles. The largest absolute Gasteiger partial charge is 0.425 e. The molecule has 0 unspecified atom stereocenters. The number of ether oxygens (including phenoxy) is 1. The minimum absolute atomic E-state index is 0.00313. The van der Waals surface area contributed by atoms with Gasteiger partial charge in [0.05, 0.1) is 12.1 Å². The summed E-state index contributed by atoms with van der Waals surface area (Å²) in [4.78, 5) is 30.3. The topological polar surface area (TPSA) is 91.3 Å². The Balaban J connectivity index is 1.96. The van der Waals surface area contributed by atoms with Gasteiger partial charge in [0.25, 0.3) is 5.56 Å². The molecule has 11 heteroatoms. The first-order valence-electron chi connectivity index (χ1n) is 10.4. The Kier molecular flexibility index (Phi) is 6.29. The van der Waals surface area contributed by atoms with Gasteiger partial charge in [-0.3, -0.25) is 18.5 Å². The molecule has 8 nitrogen and oxygen atoms in total. The number of aryl methyl sites for hydroxylation is 1. The fourth-order valence-corrected chi connectivity index (χ4v) is 3.66. The van der Waals surface area contributed by atoms with E-state index < -0.39 is 28.7 Å². The third-order valence-electron chi connectivity index (χ3n) is 5.31. The third kappa shape index (κ3) is 4.34. The van der Waals surface area contributed by atoms with E-state index >= 15 is 0 Å². The summed E-state index contributed by atoms with van der Waals surface area (Å²) in [6.45, 7) is -0.185. The summed E-state index contributed by atoms with van der Waals surface area (Å²) in [5.41, 5.74) is -1.60. The van der Waals surface area contributed by atoms with E-state index in [4.69, 9.17) is 9.84 Å². The molecule has 0 saturated carbocycles. The van der Waals surface area contributed by atoms with Gasteiger partial charge in [0.15, 0.2) is 11.2 Å². The van der Waals surface area contributed by atoms with Gasteiger partial charge < -0.3 is 9.84 Å². The number of aliphatic hydroxyl groups excluding tert-OH is 1. The number of hydrogen-bond donors (Lipinski definition) is 1. The van der Waals surface area contributed by atoms with E-state index in [2.05, 4.69) is 4.98 Å². The van der Waals surface area contributed by atoms with Crippen molar-refractivity contribution in [3.63, 3.8) is 0 Å². The maximum Gasteiger partial charge on any atom is 0.419 e. The molecule has 0 atom stereocenters. The van der Waals surface area contributed by atoms with Crippen molar-refractivity contribution in [2.24, 2.45) is 7.05 Å². The van der Waals surface area contributed by atoms with Crippen molar-refractivity contribution in [3.8, 4) is 11.8 Å². The van der Waals surface area contributed by atoms with Gasteiger partial charge in [-0.15, -0.1) is 0 Å². The lowest BCUT2D eigenvalue weighted by atomic mass is 10.2. The first-order valence-corrected chi connectivity index (χ1v) is 10.4. The molecule has 2 aromatic carbocycles. The van der Waals surface area contributed by atoms with Crippen molar-refractivity contribution >= 4 is 11.2 Å². The minimum atomic E-state index is -4.67. The highest BCUT2D eigenvalue weighted by Crippen LogP contribution is 2.38. The molecule has 0 saturated heterocycles. The van der Waals surface area contributed by atoms with E-state index in [1.165, 1.54) is 23.7 Å². The van der Waals surface area contributed by atoms with Gasteiger partial charge in [-0.2, -0.15) is 18.2 Å². The van der Waals surface area contributed by atoms with Crippen molar-refractivity contribution in [2.45, 2.75) is 25.7 Å². The van der Waals surface area contributed by atoms with Crippen LogP contribution in [0.3, 0.4) is 0 Å². The zero-order valence-electron chi connectivity index (χ0n) is 18.1. The number of fused-ring (bicyclic) bond motifs is 1. The number of benzene rings is 2. The van der Waals surface area contributed by atoms with E-state index in [1.54, 1.807) is 30.3 Å². The normalized spacial score (nSPS) is 11.8. The zero-order valence-corrected chi connectivity index (χ0v) is 18.1.